The van der Waals surface area contributed by atoms with Crippen molar-refractivity contribution in [3.63, 3.8) is 0 Å². The minimum atomic E-state index is -4.09. The van der Waals surface area contributed by atoms with Gasteiger partial charge < -0.3 is 14.2 Å². The Bertz CT molecular complexity index is 881. The highest BCUT2D eigenvalue weighted by Crippen LogP contribution is 2.55. The summed E-state index contributed by atoms with van der Waals surface area (Å²) in [4.78, 5) is 26.8. The Balaban J connectivity index is 2.88. The summed E-state index contributed by atoms with van der Waals surface area (Å²) in [6, 6.07) is 8.57. The summed E-state index contributed by atoms with van der Waals surface area (Å²) >= 11 is 0. The van der Waals surface area contributed by atoms with Gasteiger partial charge in [-0.05, 0) is 74.8 Å². The van der Waals surface area contributed by atoms with Crippen molar-refractivity contribution in [2.45, 2.75) is 98.7 Å². The van der Waals surface area contributed by atoms with Gasteiger partial charge in [0.25, 0.3) is 0 Å². The van der Waals surface area contributed by atoms with Crippen molar-refractivity contribution in [3.8, 4) is 0 Å². The van der Waals surface area contributed by atoms with Gasteiger partial charge in [0, 0.05) is 6.54 Å². The molecule has 1 rings (SSSR count). The van der Waals surface area contributed by atoms with Gasteiger partial charge in [0.15, 0.2) is 0 Å². The van der Waals surface area contributed by atoms with Crippen LogP contribution in [0.5, 0.6) is 0 Å². The monoisotopic (exact) mass is 545 g/mol. The lowest BCUT2D eigenvalue weighted by atomic mass is 10.2. The van der Waals surface area contributed by atoms with Crippen molar-refractivity contribution in [3.05, 3.63) is 35.9 Å². The fraction of sp³-hybridized carbons (Fsp3) is 0.692. The molecule has 1 aromatic rings. The molecular formula is C26H44NO9P. The smallest absolute Gasteiger partial charge is 0.458 e. The molecule has 1 atom stereocenters. The normalized spacial score (nSPS) is 13.7. The van der Waals surface area contributed by atoms with E-state index in [0.717, 1.165) is 5.56 Å². The average Bonchev–Trinajstić information content (AvgIpc) is 2.69. The van der Waals surface area contributed by atoms with E-state index in [-0.39, 0.29) is 13.2 Å². The van der Waals surface area contributed by atoms with Gasteiger partial charge >= 0.3 is 19.9 Å². The van der Waals surface area contributed by atoms with E-state index in [0.29, 0.717) is 6.61 Å². The molecule has 0 heterocycles. The molecule has 0 radical (unpaired) electrons. The Kier molecular flexibility index (Phi) is 12.3. The highest BCUT2D eigenvalue weighted by molar-refractivity contribution is 7.48. The summed E-state index contributed by atoms with van der Waals surface area (Å²) in [7, 11) is -4.09. The van der Waals surface area contributed by atoms with Crippen molar-refractivity contribution in [2.75, 3.05) is 19.9 Å². The van der Waals surface area contributed by atoms with Crippen molar-refractivity contribution < 1.29 is 41.9 Å². The third-order valence-electron chi connectivity index (χ3n) is 4.20. The molecule has 1 amide bonds. The summed E-state index contributed by atoms with van der Waals surface area (Å²) < 4.78 is 45.8. The summed E-state index contributed by atoms with van der Waals surface area (Å²) in [5.74, 6) is -0.605. The molecular weight excluding hydrogens is 501 g/mol. The van der Waals surface area contributed by atoms with Gasteiger partial charge in [0.2, 0.25) is 6.79 Å². The van der Waals surface area contributed by atoms with Crippen LogP contribution in [0.3, 0.4) is 0 Å². The molecule has 0 aliphatic carbocycles. The first kappa shape index (κ1) is 33.1. The molecule has 0 bridgehead atoms. The molecule has 0 aliphatic rings. The van der Waals surface area contributed by atoms with Crippen LogP contribution in [-0.2, 0) is 43.7 Å². The number of rotatable bonds is 12. The van der Waals surface area contributed by atoms with Crippen LogP contribution in [0.2, 0.25) is 0 Å². The van der Waals surface area contributed by atoms with E-state index in [9.17, 15) is 14.2 Å². The standard InChI is InChI=1S/C26H44NO9P/c1-20(22(28)34-24(2,3)4)27(16-17-31-18-21-14-12-11-13-15-21)23(29)32-19-33-37(30,35-25(5,6)7)36-26(8,9)10/h11-15,20H,16-19H2,1-10H3. The summed E-state index contributed by atoms with van der Waals surface area (Å²) in [6.45, 7) is 16.7. The number of carbonyl (C=O) groups excluding carboxylic acids is 2. The van der Waals surface area contributed by atoms with E-state index >= 15 is 0 Å². The van der Waals surface area contributed by atoms with Crippen LogP contribution in [0.25, 0.3) is 0 Å². The number of phosphoric ester groups is 1. The molecule has 0 N–H and O–H groups in total. The number of hydrogen-bond donors (Lipinski definition) is 0. The van der Waals surface area contributed by atoms with Gasteiger partial charge in [0.05, 0.1) is 24.4 Å². The largest absolute Gasteiger partial charge is 0.478 e. The van der Waals surface area contributed by atoms with Crippen LogP contribution in [0, 0.1) is 0 Å². The molecule has 1 unspecified atom stereocenters. The first-order valence-electron chi connectivity index (χ1n) is 12.2. The van der Waals surface area contributed by atoms with Gasteiger partial charge in [-0.1, -0.05) is 30.3 Å². The fourth-order valence-electron chi connectivity index (χ4n) is 2.85. The van der Waals surface area contributed by atoms with Crippen molar-refractivity contribution in [1.29, 1.82) is 0 Å². The highest BCUT2D eigenvalue weighted by Gasteiger charge is 2.38. The van der Waals surface area contributed by atoms with E-state index in [1.807, 2.05) is 30.3 Å². The lowest BCUT2D eigenvalue weighted by Gasteiger charge is -2.31. The zero-order valence-corrected chi connectivity index (χ0v) is 24.8. The minimum Gasteiger partial charge on any atom is -0.458 e. The summed E-state index contributed by atoms with van der Waals surface area (Å²) in [5, 5.41) is 0. The lowest BCUT2D eigenvalue weighted by Crippen LogP contribution is -2.47. The van der Waals surface area contributed by atoms with E-state index in [1.165, 1.54) is 11.8 Å². The Labute approximate surface area is 221 Å². The minimum absolute atomic E-state index is 0.0424. The molecule has 11 heteroatoms. The molecule has 212 valence electrons. The first-order chi connectivity index (χ1) is 16.8. The van der Waals surface area contributed by atoms with Gasteiger partial charge in [-0.15, -0.1) is 0 Å². The maximum atomic E-state index is 13.2. The van der Waals surface area contributed by atoms with E-state index in [2.05, 4.69) is 0 Å². The quantitative estimate of drug-likeness (QED) is 0.133. The molecule has 0 saturated heterocycles. The van der Waals surface area contributed by atoms with Crippen LogP contribution in [-0.4, -0.2) is 59.8 Å². The summed E-state index contributed by atoms with van der Waals surface area (Å²) in [5.41, 5.74) is -1.47. The number of amides is 1. The Morgan fingerprint density at radius 3 is 1.92 bits per heavy atom. The van der Waals surface area contributed by atoms with Crippen LogP contribution < -0.4 is 0 Å². The zero-order valence-electron chi connectivity index (χ0n) is 23.9. The zero-order chi connectivity index (χ0) is 28.5. The Morgan fingerprint density at radius 2 is 1.43 bits per heavy atom. The molecule has 37 heavy (non-hydrogen) atoms. The molecule has 0 saturated carbocycles. The second kappa shape index (κ2) is 13.7. The number of phosphoric acid groups is 1. The summed E-state index contributed by atoms with van der Waals surface area (Å²) in [6.07, 6.45) is -0.875. The van der Waals surface area contributed by atoms with E-state index in [1.54, 1.807) is 62.3 Å². The van der Waals surface area contributed by atoms with Crippen LogP contribution in [0.15, 0.2) is 30.3 Å². The predicted octanol–water partition coefficient (Wildman–Crippen LogP) is 6.08. The Hall–Kier alpha value is -1.97. The van der Waals surface area contributed by atoms with Crippen molar-refractivity contribution in [1.82, 2.24) is 4.90 Å². The number of benzene rings is 1. The number of nitrogens with zero attached hydrogens (tertiary/aromatic N) is 1. The first-order valence-corrected chi connectivity index (χ1v) is 13.7. The van der Waals surface area contributed by atoms with E-state index in [4.69, 9.17) is 27.8 Å². The second-order valence-corrected chi connectivity index (χ2v) is 13.0. The molecule has 10 nitrogen and oxygen atoms in total. The van der Waals surface area contributed by atoms with Gasteiger partial charge in [-0.2, -0.15) is 0 Å². The molecule has 1 aromatic carbocycles. The molecule has 0 spiro atoms. The topological polar surface area (TPSA) is 110 Å². The second-order valence-electron chi connectivity index (χ2n) is 11.5. The maximum absolute atomic E-state index is 13.2. The van der Waals surface area contributed by atoms with Crippen molar-refractivity contribution in [2.24, 2.45) is 0 Å². The van der Waals surface area contributed by atoms with Crippen LogP contribution in [0.4, 0.5) is 4.79 Å². The van der Waals surface area contributed by atoms with Gasteiger partial charge in [-0.3, -0.25) is 13.9 Å². The number of hydrogen-bond acceptors (Lipinski definition) is 9. The van der Waals surface area contributed by atoms with Crippen molar-refractivity contribution >= 4 is 19.9 Å². The Morgan fingerprint density at radius 1 is 0.892 bits per heavy atom. The number of esters is 1. The molecule has 0 fully saturated rings. The van der Waals surface area contributed by atoms with Gasteiger partial charge in [-0.25, -0.2) is 18.7 Å². The fourth-order valence-corrected chi connectivity index (χ4v) is 4.52. The molecule has 0 aliphatic heterocycles. The van der Waals surface area contributed by atoms with Crippen LogP contribution in [0.1, 0.15) is 74.8 Å². The lowest BCUT2D eigenvalue weighted by molar-refractivity contribution is -0.160. The third-order valence-corrected chi connectivity index (χ3v) is 6.17. The predicted molar refractivity (Wildman–Crippen MR) is 140 cm³/mol. The highest BCUT2D eigenvalue weighted by atomic mass is 31.2. The SMILES string of the molecule is CC(C(=O)OC(C)(C)C)N(CCOCc1ccccc1)C(=O)OCOP(=O)(OC(C)(C)C)OC(C)(C)C. The maximum Gasteiger partial charge on any atom is 0.478 e. The van der Waals surface area contributed by atoms with Crippen LogP contribution >= 0.6 is 7.82 Å². The van der Waals surface area contributed by atoms with E-state index < -0.39 is 49.5 Å². The van der Waals surface area contributed by atoms with Gasteiger partial charge in [0.1, 0.15) is 11.6 Å². The number of carbonyl (C=O) groups is 2. The molecule has 0 aromatic heterocycles. The number of ether oxygens (including phenoxy) is 3. The third kappa shape index (κ3) is 14.5. The average molecular weight is 546 g/mol.